The summed E-state index contributed by atoms with van der Waals surface area (Å²) < 4.78 is 14.1. The highest BCUT2D eigenvalue weighted by Crippen LogP contribution is 2.30. The molecule has 0 bridgehead atoms. The lowest BCUT2D eigenvalue weighted by atomic mass is 10.1. The SMILES string of the molecule is CCN(c1ccccc1F)c1ccncc1CNC1CC1. The maximum absolute atomic E-state index is 14.1. The normalized spacial score (nSPS) is 14.2. The quantitative estimate of drug-likeness (QED) is 0.878. The molecule has 1 aromatic heterocycles. The molecule has 1 aliphatic rings. The fourth-order valence-corrected chi connectivity index (χ4v) is 2.50. The number of hydrogen-bond donors (Lipinski definition) is 1. The number of rotatable bonds is 6. The summed E-state index contributed by atoms with van der Waals surface area (Å²) in [6, 6.07) is 9.50. The second-order valence-electron chi connectivity index (χ2n) is 5.36. The molecule has 0 amide bonds. The lowest BCUT2D eigenvalue weighted by Crippen LogP contribution is -2.22. The Balaban J connectivity index is 1.91. The molecule has 1 aromatic carbocycles. The van der Waals surface area contributed by atoms with Gasteiger partial charge in [-0.2, -0.15) is 0 Å². The maximum atomic E-state index is 14.1. The van der Waals surface area contributed by atoms with E-state index in [0.29, 0.717) is 18.3 Å². The molecule has 3 nitrogen and oxygen atoms in total. The maximum Gasteiger partial charge on any atom is 0.146 e. The molecule has 1 saturated carbocycles. The van der Waals surface area contributed by atoms with Crippen LogP contribution in [0.4, 0.5) is 15.8 Å². The van der Waals surface area contributed by atoms with Crippen LogP contribution in [0.15, 0.2) is 42.7 Å². The molecule has 0 radical (unpaired) electrons. The van der Waals surface area contributed by atoms with Crippen molar-refractivity contribution in [2.75, 3.05) is 11.4 Å². The number of hydrogen-bond acceptors (Lipinski definition) is 3. The number of pyridine rings is 1. The predicted octanol–water partition coefficient (Wildman–Crippen LogP) is 3.63. The van der Waals surface area contributed by atoms with Crippen LogP contribution in [-0.2, 0) is 6.54 Å². The smallest absolute Gasteiger partial charge is 0.146 e. The van der Waals surface area contributed by atoms with E-state index in [9.17, 15) is 4.39 Å². The number of aromatic nitrogens is 1. The highest BCUT2D eigenvalue weighted by Gasteiger charge is 2.21. The average molecular weight is 285 g/mol. The van der Waals surface area contributed by atoms with Gasteiger partial charge in [0, 0.05) is 42.8 Å². The summed E-state index contributed by atoms with van der Waals surface area (Å²) in [5.41, 5.74) is 2.74. The number of nitrogens with one attached hydrogen (secondary N) is 1. The van der Waals surface area contributed by atoms with E-state index in [1.165, 1.54) is 18.9 Å². The molecular formula is C17H20FN3. The van der Waals surface area contributed by atoms with Crippen molar-refractivity contribution in [1.82, 2.24) is 10.3 Å². The summed E-state index contributed by atoms with van der Waals surface area (Å²) in [5.74, 6) is -0.197. The average Bonchev–Trinajstić information content (AvgIpc) is 3.33. The molecule has 110 valence electrons. The van der Waals surface area contributed by atoms with Gasteiger partial charge in [0.25, 0.3) is 0 Å². The molecule has 21 heavy (non-hydrogen) atoms. The van der Waals surface area contributed by atoms with Crippen molar-refractivity contribution in [1.29, 1.82) is 0 Å². The zero-order valence-electron chi connectivity index (χ0n) is 12.2. The number of para-hydroxylation sites is 1. The predicted molar refractivity (Wildman–Crippen MR) is 83.2 cm³/mol. The molecule has 0 spiro atoms. The van der Waals surface area contributed by atoms with Gasteiger partial charge in [-0.15, -0.1) is 0 Å². The molecule has 1 aliphatic carbocycles. The van der Waals surface area contributed by atoms with E-state index in [2.05, 4.69) is 10.3 Å². The van der Waals surface area contributed by atoms with Gasteiger partial charge in [0.05, 0.1) is 5.69 Å². The van der Waals surface area contributed by atoms with Crippen LogP contribution in [-0.4, -0.2) is 17.6 Å². The number of halogens is 1. The third-order valence-electron chi connectivity index (χ3n) is 3.79. The lowest BCUT2D eigenvalue weighted by Gasteiger charge is -2.26. The van der Waals surface area contributed by atoms with Crippen molar-refractivity contribution < 1.29 is 4.39 Å². The van der Waals surface area contributed by atoms with Gasteiger partial charge in [-0.3, -0.25) is 4.98 Å². The molecule has 0 atom stereocenters. The van der Waals surface area contributed by atoms with Gasteiger partial charge in [0.15, 0.2) is 0 Å². The standard InChI is InChI=1S/C17H20FN3/c1-2-21(17-6-4-3-5-15(17)18)16-9-10-19-11-13(16)12-20-14-7-8-14/h3-6,9-11,14,20H,2,7-8,12H2,1H3. The van der Waals surface area contributed by atoms with Crippen molar-refractivity contribution in [2.24, 2.45) is 0 Å². The fourth-order valence-electron chi connectivity index (χ4n) is 2.50. The zero-order valence-corrected chi connectivity index (χ0v) is 12.2. The van der Waals surface area contributed by atoms with Gasteiger partial charge in [-0.1, -0.05) is 12.1 Å². The zero-order chi connectivity index (χ0) is 14.7. The van der Waals surface area contributed by atoms with Gasteiger partial charge in [0.2, 0.25) is 0 Å². The first-order valence-electron chi connectivity index (χ1n) is 7.48. The Bertz CT molecular complexity index is 610. The highest BCUT2D eigenvalue weighted by molar-refractivity contribution is 5.66. The van der Waals surface area contributed by atoms with Crippen molar-refractivity contribution in [3.63, 3.8) is 0 Å². The largest absolute Gasteiger partial charge is 0.339 e. The second-order valence-corrected chi connectivity index (χ2v) is 5.36. The van der Waals surface area contributed by atoms with Gasteiger partial charge in [-0.05, 0) is 38.0 Å². The molecule has 0 saturated heterocycles. The molecule has 0 unspecified atom stereocenters. The van der Waals surface area contributed by atoms with Crippen molar-refractivity contribution in [3.05, 3.63) is 54.1 Å². The van der Waals surface area contributed by atoms with Crippen LogP contribution in [0.25, 0.3) is 0 Å². The summed E-state index contributed by atoms with van der Waals surface area (Å²) in [6.07, 6.45) is 6.13. The van der Waals surface area contributed by atoms with Crippen LogP contribution >= 0.6 is 0 Å². The second kappa shape index (κ2) is 6.22. The lowest BCUT2D eigenvalue weighted by molar-refractivity contribution is 0.625. The molecule has 1 fully saturated rings. The van der Waals surface area contributed by atoms with E-state index in [1.54, 1.807) is 12.3 Å². The molecule has 4 heteroatoms. The highest BCUT2D eigenvalue weighted by atomic mass is 19.1. The minimum Gasteiger partial charge on any atom is -0.339 e. The Morgan fingerprint density at radius 2 is 2.05 bits per heavy atom. The summed E-state index contributed by atoms with van der Waals surface area (Å²) in [5, 5.41) is 3.50. The molecule has 3 rings (SSSR count). The van der Waals surface area contributed by atoms with Crippen molar-refractivity contribution >= 4 is 11.4 Å². The Hall–Kier alpha value is -1.94. The third-order valence-corrected chi connectivity index (χ3v) is 3.79. The molecule has 0 aliphatic heterocycles. The minimum atomic E-state index is -0.197. The third kappa shape index (κ3) is 3.22. The Morgan fingerprint density at radius 1 is 1.24 bits per heavy atom. The first-order valence-corrected chi connectivity index (χ1v) is 7.48. The summed E-state index contributed by atoms with van der Waals surface area (Å²) >= 11 is 0. The van der Waals surface area contributed by atoms with E-state index < -0.39 is 0 Å². The summed E-state index contributed by atoms with van der Waals surface area (Å²) in [7, 11) is 0. The van der Waals surface area contributed by atoms with Crippen LogP contribution in [0.2, 0.25) is 0 Å². The van der Waals surface area contributed by atoms with E-state index in [4.69, 9.17) is 0 Å². The van der Waals surface area contributed by atoms with Gasteiger partial charge in [-0.25, -0.2) is 4.39 Å². The van der Waals surface area contributed by atoms with Gasteiger partial charge < -0.3 is 10.2 Å². The Kier molecular flexibility index (Phi) is 4.15. The van der Waals surface area contributed by atoms with E-state index >= 15 is 0 Å². The molecule has 2 aromatic rings. The Morgan fingerprint density at radius 3 is 2.76 bits per heavy atom. The molecule has 1 heterocycles. The van der Waals surface area contributed by atoms with Crippen molar-refractivity contribution in [2.45, 2.75) is 32.4 Å². The fraction of sp³-hybridized carbons (Fsp3) is 0.353. The van der Waals surface area contributed by atoms with Crippen LogP contribution in [0.5, 0.6) is 0 Å². The number of benzene rings is 1. The van der Waals surface area contributed by atoms with E-state index in [-0.39, 0.29) is 5.82 Å². The van der Waals surface area contributed by atoms with Crippen LogP contribution in [0.3, 0.4) is 0 Å². The van der Waals surface area contributed by atoms with E-state index in [1.807, 2.05) is 36.2 Å². The monoisotopic (exact) mass is 285 g/mol. The molecular weight excluding hydrogens is 265 g/mol. The summed E-state index contributed by atoms with van der Waals surface area (Å²) in [4.78, 5) is 6.22. The molecule has 1 N–H and O–H groups in total. The first-order chi connectivity index (χ1) is 10.3. The number of nitrogens with zero attached hydrogens (tertiary/aromatic N) is 2. The van der Waals surface area contributed by atoms with Crippen LogP contribution in [0, 0.1) is 5.82 Å². The van der Waals surface area contributed by atoms with Crippen LogP contribution < -0.4 is 10.2 Å². The van der Waals surface area contributed by atoms with Gasteiger partial charge in [0.1, 0.15) is 5.82 Å². The van der Waals surface area contributed by atoms with E-state index in [0.717, 1.165) is 17.8 Å². The Labute approximate surface area is 124 Å². The van der Waals surface area contributed by atoms with Gasteiger partial charge >= 0.3 is 0 Å². The summed E-state index contributed by atoms with van der Waals surface area (Å²) in [6.45, 7) is 3.52. The minimum absolute atomic E-state index is 0.197. The first kappa shape index (κ1) is 14.0. The van der Waals surface area contributed by atoms with Crippen LogP contribution in [0.1, 0.15) is 25.3 Å². The number of anilines is 2. The topological polar surface area (TPSA) is 28.2 Å². The van der Waals surface area contributed by atoms with Crippen molar-refractivity contribution in [3.8, 4) is 0 Å².